The van der Waals surface area contributed by atoms with Crippen molar-refractivity contribution in [2.75, 3.05) is 4.90 Å². The Kier molecular flexibility index (Phi) is 8.55. The summed E-state index contributed by atoms with van der Waals surface area (Å²) in [4.78, 5) is 10.00. The van der Waals surface area contributed by atoms with Gasteiger partial charge in [0, 0.05) is 61.1 Å². The molecule has 3 nitrogen and oxygen atoms in total. The number of anilines is 3. The van der Waals surface area contributed by atoms with E-state index >= 15 is 0 Å². The average Bonchev–Trinajstić information content (AvgIpc) is 4.06. The molecule has 2 N–H and O–H groups in total. The van der Waals surface area contributed by atoms with Crippen molar-refractivity contribution in [1.82, 2.24) is 9.97 Å². The van der Waals surface area contributed by atoms with E-state index in [0.717, 1.165) is 49.2 Å². The molecule has 8 aromatic carbocycles. The number of aromatic amines is 2. The van der Waals surface area contributed by atoms with Crippen LogP contribution in [0, 0.1) is 0 Å². The summed E-state index contributed by atoms with van der Waals surface area (Å²) in [5.74, 6) is 0. The van der Waals surface area contributed by atoms with Gasteiger partial charge in [0.1, 0.15) is 0 Å². The van der Waals surface area contributed by atoms with E-state index in [1.54, 1.807) is 0 Å². The van der Waals surface area contributed by atoms with Crippen LogP contribution in [0.2, 0.25) is 0 Å². The molecule has 64 heavy (non-hydrogen) atoms. The predicted molar refractivity (Wildman–Crippen MR) is 270 cm³/mol. The lowest BCUT2D eigenvalue weighted by Crippen LogP contribution is -2.10. The third kappa shape index (κ3) is 6.03. The summed E-state index contributed by atoms with van der Waals surface area (Å²) in [5.41, 5.74) is 25.2. The van der Waals surface area contributed by atoms with Gasteiger partial charge < -0.3 is 14.9 Å². The normalized spacial score (nSPS) is 14.1. The smallest absolute Gasteiger partial charge is 0.0544 e. The highest BCUT2D eigenvalue weighted by molar-refractivity contribution is 6.16. The fraction of sp³-hybridized carbons (Fsp3) is 0.0820. The van der Waals surface area contributed by atoms with E-state index in [2.05, 4.69) is 215 Å². The molecule has 0 aliphatic heterocycles. The van der Waals surface area contributed by atoms with Gasteiger partial charge in [0.2, 0.25) is 0 Å². The second-order valence-corrected chi connectivity index (χ2v) is 17.6. The van der Waals surface area contributed by atoms with Crippen molar-refractivity contribution in [2.45, 2.75) is 32.1 Å². The van der Waals surface area contributed by atoms with E-state index in [0.29, 0.717) is 0 Å². The summed E-state index contributed by atoms with van der Waals surface area (Å²) in [5, 5.41) is 3.91. The SMILES string of the molecule is C1=CC(c2cccc3c2[nH]c2cccc(-c4ccc5c(c4)Cc4cc(N(c6ccc(C7=CCCc8c7[nH]c7ccccc87)cc6)c6ccc(-c7ccccc7)cc6)ccc4-5)c23)=CCC1. The fourth-order valence-corrected chi connectivity index (χ4v) is 10.9. The molecule has 3 heteroatoms. The second kappa shape index (κ2) is 14.9. The molecule has 0 amide bonds. The Balaban J connectivity index is 0.861. The molecule has 3 aliphatic rings. The molecule has 0 fully saturated rings. The number of allylic oxidation sites excluding steroid dienone is 5. The first-order valence-corrected chi connectivity index (χ1v) is 22.8. The number of nitrogens with one attached hydrogen (secondary N) is 2. The molecule has 0 atom stereocenters. The number of fused-ring (bicyclic) bond motifs is 9. The van der Waals surface area contributed by atoms with Crippen LogP contribution in [-0.4, -0.2) is 9.97 Å². The van der Waals surface area contributed by atoms with Gasteiger partial charge >= 0.3 is 0 Å². The van der Waals surface area contributed by atoms with E-state index in [1.165, 1.54) is 111 Å². The molecule has 13 rings (SSSR count). The highest BCUT2D eigenvalue weighted by Crippen LogP contribution is 2.46. The lowest BCUT2D eigenvalue weighted by Gasteiger charge is -2.27. The number of hydrogen-bond donors (Lipinski definition) is 2. The Labute approximate surface area is 373 Å². The third-order valence-corrected chi connectivity index (χ3v) is 13.9. The Morgan fingerprint density at radius 3 is 1.94 bits per heavy atom. The van der Waals surface area contributed by atoms with Crippen LogP contribution in [0.1, 0.15) is 52.8 Å². The molecule has 0 saturated carbocycles. The molecule has 3 aliphatic carbocycles. The van der Waals surface area contributed by atoms with Gasteiger partial charge in [0.05, 0.1) is 5.52 Å². The molecule has 2 aromatic heterocycles. The zero-order valence-corrected chi connectivity index (χ0v) is 35.5. The molecular formula is C61H45N3. The van der Waals surface area contributed by atoms with Crippen LogP contribution in [0.15, 0.2) is 200 Å². The largest absolute Gasteiger partial charge is 0.354 e. The lowest BCUT2D eigenvalue weighted by molar-refractivity contribution is 0.983. The zero-order chi connectivity index (χ0) is 42.1. The van der Waals surface area contributed by atoms with E-state index in [9.17, 15) is 0 Å². The average molecular weight is 820 g/mol. The van der Waals surface area contributed by atoms with Gasteiger partial charge in [0.25, 0.3) is 0 Å². The molecule has 0 bridgehead atoms. The number of nitrogens with zero attached hydrogens (tertiary/aromatic N) is 1. The maximum Gasteiger partial charge on any atom is 0.0544 e. The Morgan fingerprint density at radius 2 is 1.11 bits per heavy atom. The number of aryl methyl sites for hydroxylation is 1. The van der Waals surface area contributed by atoms with Crippen molar-refractivity contribution in [3.8, 4) is 33.4 Å². The van der Waals surface area contributed by atoms with Crippen LogP contribution >= 0.6 is 0 Å². The first-order chi connectivity index (χ1) is 31.7. The van der Waals surface area contributed by atoms with Crippen LogP contribution in [0.25, 0.3) is 77.2 Å². The highest BCUT2D eigenvalue weighted by Gasteiger charge is 2.24. The predicted octanol–water partition coefficient (Wildman–Crippen LogP) is 16.3. The zero-order valence-electron chi connectivity index (χ0n) is 35.5. The maximum absolute atomic E-state index is 3.82. The van der Waals surface area contributed by atoms with Crippen molar-refractivity contribution < 1.29 is 0 Å². The van der Waals surface area contributed by atoms with Crippen LogP contribution in [0.3, 0.4) is 0 Å². The molecule has 0 saturated heterocycles. The van der Waals surface area contributed by atoms with Crippen LogP contribution in [0.4, 0.5) is 17.1 Å². The van der Waals surface area contributed by atoms with E-state index in [-0.39, 0.29) is 0 Å². The number of benzene rings is 8. The molecule has 2 heterocycles. The van der Waals surface area contributed by atoms with Gasteiger partial charge in [-0.15, -0.1) is 0 Å². The van der Waals surface area contributed by atoms with E-state index in [4.69, 9.17) is 0 Å². The number of rotatable bonds is 7. The van der Waals surface area contributed by atoms with E-state index < -0.39 is 0 Å². The Morgan fingerprint density at radius 1 is 0.438 bits per heavy atom. The van der Waals surface area contributed by atoms with Gasteiger partial charge in [-0.1, -0.05) is 152 Å². The topological polar surface area (TPSA) is 34.8 Å². The van der Waals surface area contributed by atoms with Crippen molar-refractivity contribution in [2.24, 2.45) is 0 Å². The summed E-state index contributed by atoms with van der Waals surface area (Å²) < 4.78 is 0. The van der Waals surface area contributed by atoms with Crippen LogP contribution in [-0.2, 0) is 12.8 Å². The van der Waals surface area contributed by atoms with E-state index in [1.807, 2.05) is 0 Å². The molecule has 304 valence electrons. The summed E-state index contributed by atoms with van der Waals surface area (Å²) in [6.45, 7) is 0. The monoisotopic (exact) mass is 819 g/mol. The van der Waals surface area contributed by atoms with Crippen molar-refractivity contribution >= 4 is 60.9 Å². The highest BCUT2D eigenvalue weighted by atomic mass is 15.1. The van der Waals surface area contributed by atoms with Gasteiger partial charge in [-0.2, -0.15) is 0 Å². The summed E-state index contributed by atoms with van der Waals surface area (Å²) in [7, 11) is 0. The van der Waals surface area contributed by atoms with Crippen molar-refractivity contribution in [3.63, 3.8) is 0 Å². The minimum atomic E-state index is 0.890. The van der Waals surface area contributed by atoms with Gasteiger partial charge in [0.15, 0.2) is 0 Å². The third-order valence-electron chi connectivity index (χ3n) is 13.9. The molecule has 10 aromatic rings. The Hall–Kier alpha value is -7.88. The van der Waals surface area contributed by atoms with Crippen molar-refractivity contribution in [1.29, 1.82) is 0 Å². The van der Waals surface area contributed by atoms with Crippen LogP contribution < -0.4 is 4.90 Å². The van der Waals surface area contributed by atoms with Crippen molar-refractivity contribution in [3.05, 3.63) is 234 Å². The molecule has 0 unspecified atom stereocenters. The minimum Gasteiger partial charge on any atom is -0.354 e. The lowest BCUT2D eigenvalue weighted by atomic mass is 9.91. The number of H-pyrrole nitrogens is 2. The standard InChI is InChI=1S/C61H45N3/c1-3-12-39(13-4-1)40-24-29-46(30-25-40)64(47-31-26-42(27-32-47)53-18-9-20-55-54-16-7-8-22-57(54)62-60(53)55)48-33-35-50-45(38-48)37-44-36-43(28-34-49(44)50)51-17-11-23-58-59(51)56-21-10-19-52(61(56)63-58)41-14-5-2-6-15-41/h1,3-5,7-8,10-19,21-36,38,62-63H,2,6,9,20,37H2. The fourth-order valence-electron chi connectivity index (χ4n) is 10.9. The number of para-hydroxylation sites is 2. The maximum atomic E-state index is 3.82. The Bertz CT molecular complexity index is 3560. The molecule has 0 spiro atoms. The molecule has 0 radical (unpaired) electrons. The first-order valence-electron chi connectivity index (χ1n) is 22.8. The first kappa shape index (κ1) is 36.7. The summed E-state index contributed by atoms with van der Waals surface area (Å²) in [6, 6.07) is 65.2. The second-order valence-electron chi connectivity index (χ2n) is 17.6. The number of aromatic nitrogens is 2. The molecular weight excluding hydrogens is 775 g/mol. The van der Waals surface area contributed by atoms with Gasteiger partial charge in [-0.3, -0.25) is 0 Å². The minimum absolute atomic E-state index is 0.890. The summed E-state index contributed by atoms with van der Waals surface area (Å²) in [6.07, 6.45) is 14.5. The number of hydrogen-bond acceptors (Lipinski definition) is 1. The van der Waals surface area contributed by atoms with Crippen LogP contribution in [0.5, 0.6) is 0 Å². The van der Waals surface area contributed by atoms with Gasteiger partial charge in [-0.25, -0.2) is 0 Å². The summed E-state index contributed by atoms with van der Waals surface area (Å²) >= 11 is 0. The van der Waals surface area contributed by atoms with Gasteiger partial charge in [-0.05, 0) is 142 Å². The quantitative estimate of drug-likeness (QED) is 0.165.